The highest BCUT2D eigenvalue weighted by Gasteiger charge is 2.38. The third kappa shape index (κ3) is 9.23. The van der Waals surface area contributed by atoms with E-state index in [1.165, 1.54) is 0 Å². The van der Waals surface area contributed by atoms with Crippen molar-refractivity contribution in [3.05, 3.63) is 11.8 Å². The molecule has 1 fully saturated rings. The first-order chi connectivity index (χ1) is 16.0. The van der Waals surface area contributed by atoms with Crippen LogP contribution in [0.4, 0.5) is 0 Å². The van der Waals surface area contributed by atoms with E-state index >= 15 is 0 Å². The Morgan fingerprint density at radius 3 is 2.67 bits per heavy atom. The SMILES string of the molecule is CCOC1OC(C(=O)NCCCN2CCCC2=O)=CC(C(C)C)C1CCOCCOCCO. The summed E-state index contributed by atoms with van der Waals surface area (Å²) in [6.45, 7) is 10.4. The number of amides is 2. The van der Waals surface area contributed by atoms with Crippen LogP contribution in [-0.4, -0.2) is 87.4 Å². The predicted octanol–water partition coefficient (Wildman–Crippen LogP) is 1.70. The molecule has 2 amide bonds. The number of hydrogen-bond donors (Lipinski definition) is 2. The van der Waals surface area contributed by atoms with Crippen molar-refractivity contribution in [1.82, 2.24) is 10.2 Å². The second-order valence-electron chi connectivity index (χ2n) is 8.79. The van der Waals surface area contributed by atoms with E-state index in [1.54, 1.807) is 0 Å². The molecule has 0 saturated carbocycles. The Morgan fingerprint density at radius 2 is 2.03 bits per heavy atom. The van der Waals surface area contributed by atoms with Crippen LogP contribution in [0, 0.1) is 17.8 Å². The fraction of sp³-hybridized carbons (Fsp3) is 0.833. The highest BCUT2D eigenvalue weighted by Crippen LogP contribution is 2.36. The number of hydrogen-bond acceptors (Lipinski definition) is 7. The van der Waals surface area contributed by atoms with Gasteiger partial charge < -0.3 is 34.3 Å². The molecule has 0 aromatic heterocycles. The van der Waals surface area contributed by atoms with Gasteiger partial charge in [-0.3, -0.25) is 9.59 Å². The number of nitrogens with one attached hydrogen (secondary N) is 1. The molecule has 0 aromatic rings. The van der Waals surface area contributed by atoms with Gasteiger partial charge in [0.25, 0.3) is 5.91 Å². The average molecular weight is 471 g/mol. The van der Waals surface area contributed by atoms with Crippen LogP contribution in [0.1, 0.15) is 46.5 Å². The van der Waals surface area contributed by atoms with Crippen LogP contribution in [0.5, 0.6) is 0 Å². The van der Waals surface area contributed by atoms with Gasteiger partial charge in [-0.25, -0.2) is 0 Å². The van der Waals surface area contributed by atoms with Gasteiger partial charge in [0.05, 0.1) is 26.4 Å². The molecule has 9 heteroatoms. The molecular formula is C24H42N2O7. The summed E-state index contributed by atoms with van der Waals surface area (Å²) in [5, 5.41) is 11.7. The van der Waals surface area contributed by atoms with Gasteiger partial charge in [-0.15, -0.1) is 0 Å². The number of carbonyl (C=O) groups is 2. The standard InChI is InChI=1S/C24H42N2O7/c1-4-32-24-19(8-13-30-15-16-31-14-12-27)20(18(2)3)17-21(33-24)23(29)25-9-6-11-26-10-5-7-22(26)28/h17-20,24,27H,4-16H2,1-3H3,(H,25,29). The van der Waals surface area contributed by atoms with E-state index in [9.17, 15) is 9.59 Å². The summed E-state index contributed by atoms with van der Waals surface area (Å²) in [5.41, 5.74) is 0. The molecule has 0 bridgehead atoms. The minimum Gasteiger partial charge on any atom is -0.459 e. The third-order valence-electron chi connectivity index (χ3n) is 6.02. The van der Waals surface area contributed by atoms with E-state index < -0.39 is 6.29 Å². The Kier molecular flexibility index (Phi) is 12.8. The summed E-state index contributed by atoms with van der Waals surface area (Å²) in [4.78, 5) is 26.3. The highest BCUT2D eigenvalue weighted by molar-refractivity contribution is 5.91. The Hall–Kier alpha value is -1.68. The van der Waals surface area contributed by atoms with Gasteiger partial charge in [-0.2, -0.15) is 0 Å². The molecule has 0 spiro atoms. The maximum absolute atomic E-state index is 12.8. The Balaban J connectivity index is 1.86. The maximum atomic E-state index is 12.8. The topological polar surface area (TPSA) is 107 Å². The minimum absolute atomic E-state index is 0.00584. The predicted molar refractivity (Wildman–Crippen MR) is 123 cm³/mol. The summed E-state index contributed by atoms with van der Waals surface area (Å²) >= 11 is 0. The third-order valence-corrected chi connectivity index (χ3v) is 6.02. The number of rotatable bonds is 16. The number of carbonyl (C=O) groups excluding carboxylic acids is 2. The lowest BCUT2D eigenvalue weighted by Crippen LogP contribution is -2.42. The molecule has 33 heavy (non-hydrogen) atoms. The largest absolute Gasteiger partial charge is 0.459 e. The lowest BCUT2D eigenvalue weighted by atomic mass is 9.79. The first-order valence-electron chi connectivity index (χ1n) is 12.3. The van der Waals surface area contributed by atoms with Gasteiger partial charge in [0.15, 0.2) is 5.76 Å². The molecule has 9 nitrogen and oxygen atoms in total. The Morgan fingerprint density at radius 1 is 1.27 bits per heavy atom. The van der Waals surface area contributed by atoms with Gasteiger partial charge in [0, 0.05) is 45.2 Å². The van der Waals surface area contributed by atoms with Crippen LogP contribution in [0.2, 0.25) is 0 Å². The quantitative estimate of drug-likeness (QED) is 0.331. The van der Waals surface area contributed by atoms with Crippen LogP contribution in [-0.2, 0) is 28.5 Å². The van der Waals surface area contributed by atoms with Gasteiger partial charge in [-0.05, 0) is 44.1 Å². The lowest BCUT2D eigenvalue weighted by molar-refractivity contribution is -0.177. The van der Waals surface area contributed by atoms with E-state index in [1.807, 2.05) is 17.9 Å². The Labute approximate surface area is 197 Å². The summed E-state index contributed by atoms with van der Waals surface area (Å²) < 4.78 is 22.8. The number of allylic oxidation sites excluding steroid dienone is 1. The molecule has 2 aliphatic heterocycles. The van der Waals surface area contributed by atoms with E-state index in [-0.39, 0.29) is 30.3 Å². The van der Waals surface area contributed by atoms with Crippen LogP contribution < -0.4 is 5.32 Å². The first kappa shape index (κ1) is 27.6. The van der Waals surface area contributed by atoms with Crippen molar-refractivity contribution in [3.63, 3.8) is 0 Å². The second-order valence-corrected chi connectivity index (χ2v) is 8.79. The normalized spacial score (nSPS) is 23.1. The van der Waals surface area contributed by atoms with Gasteiger partial charge in [0.2, 0.25) is 12.2 Å². The second kappa shape index (κ2) is 15.3. The smallest absolute Gasteiger partial charge is 0.286 e. The summed E-state index contributed by atoms with van der Waals surface area (Å²) in [7, 11) is 0. The fourth-order valence-electron chi connectivity index (χ4n) is 4.30. The number of aliphatic hydroxyl groups is 1. The molecule has 2 heterocycles. The molecule has 2 aliphatic rings. The van der Waals surface area contributed by atoms with Crippen molar-refractivity contribution in [1.29, 1.82) is 0 Å². The zero-order valence-electron chi connectivity index (χ0n) is 20.4. The fourth-order valence-corrected chi connectivity index (χ4v) is 4.30. The number of likely N-dealkylation sites (tertiary alicyclic amines) is 1. The van der Waals surface area contributed by atoms with Crippen LogP contribution in [0.15, 0.2) is 11.8 Å². The molecule has 3 unspecified atom stereocenters. The van der Waals surface area contributed by atoms with Gasteiger partial charge in [-0.1, -0.05) is 13.8 Å². The van der Waals surface area contributed by atoms with E-state index in [4.69, 9.17) is 24.1 Å². The Bertz CT molecular complexity index is 626. The van der Waals surface area contributed by atoms with Gasteiger partial charge in [0.1, 0.15) is 0 Å². The van der Waals surface area contributed by atoms with E-state index in [2.05, 4.69) is 19.2 Å². The summed E-state index contributed by atoms with van der Waals surface area (Å²) in [5.74, 6) is 0.756. The molecule has 0 radical (unpaired) electrons. The van der Waals surface area contributed by atoms with Crippen molar-refractivity contribution in [2.75, 3.05) is 59.3 Å². The van der Waals surface area contributed by atoms with Crippen molar-refractivity contribution < 1.29 is 33.6 Å². The van der Waals surface area contributed by atoms with Crippen LogP contribution in [0.3, 0.4) is 0 Å². The zero-order chi connectivity index (χ0) is 24.1. The number of aliphatic hydroxyl groups excluding tert-OH is 1. The molecule has 2 rings (SSSR count). The molecule has 1 saturated heterocycles. The van der Waals surface area contributed by atoms with Crippen molar-refractivity contribution in [2.24, 2.45) is 17.8 Å². The van der Waals surface area contributed by atoms with Crippen LogP contribution in [0.25, 0.3) is 0 Å². The minimum atomic E-state index is -0.510. The van der Waals surface area contributed by atoms with Crippen LogP contribution >= 0.6 is 0 Å². The monoisotopic (exact) mass is 470 g/mol. The summed E-state index contributed by atoms with van der Waals surface area (Å²) in [6.07, 6.45) is 4.42. The number of nitrogens with zero attached hydrogens (tertiary/aromatic N) is 1. The number of ether oxygens (including phenoxy) is 4. The van der Waals surface area contributed by atoms with Crippen molar-refractivity contribution >= 4 is 11.8 Å². The zero-order valence-corrected chi connectivity index (χ0v) is 20.4. The van der Waals surface area contributed by atoms with Gasteiger partial charge >= 0.3 is 0 Å². The van der Waals surface area contributed by atoms with Crippen molar-refractivity contribution in [2.45, 2.75) is 52.7 Å². The maximum Gasteiger partial charge on any atom is 0.286 e. The first-order valence-corrected chi connectivity index (χ1v) is 12.3. The molecule has 3 atom stereocenters. The molecule has 0 aromatic carbocycles. The van der Waals surface area contributed by atoms with Crippen molar-refractivity contribution in [3.8, 4) is 0 Å². The summed E-state index contributed by atoms with van der Waals surface area (Å²) in [6, 6.07) is 0. The lowest BCUT2D eigenvalue weighted by Gasteiger charge is -2.38. The molecule has 190 valence electrons. The van der Waals surface area contributed by atoms with E-state index in [0.29, 0.717) is 64.2 Å². The molecule has 2 N–H and O–H groups in total. The average Bonchev–Trinajstić information content (AvgIpc) is 3.21. The molecular weight excluding hydrogens is 428 g/mol. The molecule has 0 aliphatic carbocycles. The van der Waals surface area contributed by atoms with E-state index in [0.717, 1.165) is 25.8 Å². The highest BCUT2D eigenvalue weighted by atomic mass is 16.7.